The number of imidazole rings is 1. The third-order valence-electron chi connectivity index (χ3n) is 15.8. The molecule has 5 aromatic heterocycles. The summed E-state index contributed by atoms with van der Waals surface area (Å²) in [6, 6.07) is 14.3. The van der Waals surface area contributed by atoms with E-state index in [0.29, 0.717) is 83.4 Å². The number of nitrogens with zero attached hydrogens (tertiary/aromatic N) is 9. The molecule has 4 aliphatic rings. The van der Waals surface area contributed by atoms with Gasteiger partial charge in [0.05, 0.1) is 58.0 Å². The van der Waals surface area contributed by atoms with Gasteiger partial charge in [-0.3, -0.25) is 28.1 Å². The third kappa shape index (κ3) is 6.51. The van der Waals surface area contributed by atoms with Crippen molar-refractivity contribution >= 4 is 27.7 Å². The summed E-state index contributed by atoms with van der Waals surface area (Å²) in [6.45, 7) is 13.0. The van der Waals surface area contributed by atoms with Crippen molar-refractivity contribution in [3.05, 3.63) is 139 Å². The van der Waals surface area contributed by atoms with Crippen molar-refractivity contribution in [1.29, 1.82) is 0 Å². The first-order valence-corrected chi connectivity index (χ1v) is 24.1. The summed E-state index contributed by atoms with van der Waals surface area (Å²) in [5, 5.41) is 14.9. The van der Waals surface area contributed by atoms with Crippen molar-refractivity contribution in [3.8, 4) is 17.2 Å². The Bertz CT molecular complexity index is 3560. The molecule has 5 atom stereocenters. The van der Waals surface area contributed by atoms with E-state index in [4.69, 9.17) is 19.1 Å². The number of H-pyrrole nitrogens is 1. The Kier molecular flexibility index (Phi) is 9.83. The molecular weight excluding hydrogens is 899 g/mol. The van der Waals surface area contributed by atoms with E-state index >= 15 is 13.6 Å². The zero-order valence-electron chi connectivity index (χ0n) is 40.2. The number of fused-ring (bicyclic) bond motifs is 3. The quantitative estimate of drug-likeness (QED) is 0.167. The average molecular weight is 953 g/mol. The number of ether oxygens (including phenoxy) is 2. The van der Waals surface area contributed by atoms with Crippen LogP contribution in [0, 0.1) is 31.4 Å². The second kappa shape index (κ2) is 15.5. The molecule has 1 saturated carbocycles. The lowest BCUT2D eigenvalue weighted by molar-refractivity contribution is -0.0593. The highest BCUT2D eigenvalue weighted by Gasteiger charge is 2.60. The van der Waals surface area contributed by atoms with Crippen LogP contribution in [0.5, 0.6) is 0 Å². The SMILES string of the molecule is Cc1cc(-n2nc3c(c2-n2ccn(-c4ccc5c(cnn5C)c4F)c2=O)[C@H](C)N(C(=O)c2cc4cc([C@H]5CCOC(C)(C)C5)ccc4n2[C@@]2(c4noc(=O)[nH]4)C[C@@H]2C)C2(CCCOC2)C3)cc(C)c1F. The van der Waals surface area contributed by atoms with Gasteiger partial charge in [-0.2, -0.15) is 10.2 Å². The number of amides is 1. The Morgan fingerprint density at radius 1 is 0.929 bits per heavy atom. The van der Waals surface area contributed by atoms with Gasteiger partial charge in [-0.15, -0.1) is 0 Å². The van der Waals surface area contributed by atoms with Crippen LogP contribution in [-0.4, -0.2) is 85.2 Å². The number of halogens is 2. The first-order valence-electron chi connectivity index (χ1n) is 24.1. The standard InChI is InChI=1S/C52H54F2N10O6/c1-28-19-35(20-29(2)43(28)53)64-45(61-16-15-60(49(61)67)40-12-11-39-36(44(40)54)26-55-59(39)7)42-31(4)62(51(25-37(42)57-64)14-8-17-68-27-51)46(65)41-22-34-21-32(33-13-18-69-50(5,6)24-33)9-10-38(34)63(41)52(23-30(52)3)47-56-48(66)70-58-47/h9-12,15-16,19-22,26,30-31,33H,8,13-14,17-18,23-25,27H2,1-7H3,(H,56,58,66)/t30-,31-,33-,51?,52-/m0/s1. The van der Waals surface area contributed by atoms with E-state index in [-0.39, 0.29) is 53.3 Å². The minimum atomic E-state index is -0.903. The number of hydrogen-bond acceptors (Lipinski definition) is 9. The number of aromatic nitrogens is 9. The van der Waals surface area contributed by atoms with Gasteiger partial charge < -0.3 is 18.9 Å². The Morgan fingerprint density at radius 3 is 2.39 bits per heavy atom. The molecule has 1 unspecified atom stereocenters. The number of benzene rings is 3. The predicted molar refractivity (Wildman–Crippen MR) is 255 cm³/mol. The molecule has 2 saturated heterocycles. The molecule has 3 fully saturated rings. The van der Waals surface area contributed by atoms with Crippen molar-refractivity contribution in [1.82, 2.24) is 48.3 Å². The van der Waals surface area contributed by atoms with Crippen LogP contribution in [0.25, 0.3) is 39.0 Å². The van der Waals surface area contributed by atoms with Crippen molar-refractivity contribution in [3.63, 3.8) is 0 Å². The van der Waals surface area contributed by atoms with Crippen LogP contribution in [0.1, 0.15) is 116 Å². The van der Waals surface area contributed by atoms with Gasteiger partial charge in [-0.1, -0.05) is 18.1 Å². The normalized spacial score (nSPS) is 24.2. The fourth-order valence-corrected chi connectivity index (χ4v) is 12.4. The molecule has 0 bridgehead atoms. The Labute approximate surface area is 400 Å². The molecule has 1 spiro atoms. The largest absolute Gasteiger partial charge is 0.438 e. The fraction of sp³-hybridized carbons (Fsp3) is 0.423. The van der Waals surface area contributed by atoms with Gasteiger partial charge in [-0.25, -0.2) is 23.1 Å². The minimum Gasteiger partial charge on any atom is -0.379 e. The number of carbonyl (C=O) groups excluding carboxylic acids is 1. The molecule has 8 heterocycles. The zero-order chi connectivity index (χ0) is 48.8. The lowest BCUT2D eigenvalue weighted by atomic mass is 9.78. The highest BCUT2D eigenvalue weighted by Crippen LogP contribution is 2.57. The second-order valence-electron chi connectivity index (χ2n) is 20.8. The Morgan fingerprint density at radius 2 is 1.69 bits per heavy atom. The van der Waals surface area contributed by atoms with E-state index in [1.807, 2.05) is 22.5 Å². The maximum atomic E-state index is 16.4. The highest BCUT2D eigenvalue weighted by molar-refractivity contribution is 6.00. The van der Waals surface area contributed by atoms with E-state index < -0.39 is 34.4 Å². The van der Waals surface area contributed by atoms with Gasteiger partial charge in [-0.05, 0) is 138 Å². The summed E-state index contributed by atoms with van der Waals surface area (Å²) < 4.78 is 57.1. The fourth-order valence-electron chi connectivity index (χ4n) is 12.4. The first-order chi connectivity index (χ1) is 33.5. The topological polar surface area (TPSA) is 165 Å². The van der Waals surface area contributed by atoms with E-state index in [2.05, 4.69) is 54.2 Å². The van der Waals surface area contributed by atoms with Crippen molar-refractivity contribution < 1.29 is 27.6 Å². The van der Waals surface area contributed by atoms with E-state index in [1.54, 1.807) is 60.7 Å². The molecule has 16 nitrogen and oxygen atoms in total. The monoisotopic (exact) mass is 952 g/mol. The van der Waals surface area contributed by atoms with Crippen LogP contribution in [-0.2, 0) is 28.5 Å². The van der Waals surface area contributed by atoms with Crippen LogP contribution >= 0.6 is 0 Å². The van der Waals surface area contributed by atoms with Crippen molar-refractivity contribution in [2.45, 2.75) is 109 Å². The lowest BCUT2D eigenvalue weighted by Crippen LogP contribution is -2.61. The number of carbonyl (C=O) groups is 1. The van der Waals surface area contributed by atoms with E-state index in [1.165, 1.54) is 21.5 Å². The summed E-state index contributed by atoms with van der Waals surface area (Å²) in [7, 11) is 1.72. The van der Waals surface area contributed by atoms with Gasteiger partial charge >= 0.3 is 11.4 Å². The minimum absolute atomic E-state index is 0.0317. The molecule has 1 N–H and O–H groups in total. The molecule has 12 rings (SSSR count). The van der Waals surface area contributed by atoms with Crippen LogP contribution in [0.4, 0.5) is 8.78 Å². The van der Waals surface area contributed by atoms with Crippen LogP contribution in [0.15, 0.2) is 81.2 Å². The molecule has 70 heavy (non-hydrogen) atoms. The average Bonchev–Trinajstić information content (AvgIpc) is 3.96. The predicted octanol–water partition coefficient (Wildman–Crippen LogP) is 7.99. The van der Waals surface area contributed by atoms with Crippen LogP contribution in [0.3, 0.4) is 0 Å². The summed E-state index contributed by atoms with van der Waals surface area (Å²) in [5.41, 5.74) is 2.88. The molecule has 1 aliphatic carbocycles. The maximum Gasteiger partial charge on any atom is 0.438 e. The number of aromatic amines is 1. The molecule has 0 radical (unpaired) electrons. The van der Waals surface area contributed by atoms with E-state index in [0.717, 1.165) is 29.3 Å². The van der Waals surface area contributed by atoms with Gasteiger partial charge in [0.25, 0.3) is 5.91 Å². The lowest BCUT2D eigenvalue weighted by Gasteiger charge is -2.51. The number of nitrogens with one attached hydrogen (secondary N) is 1. The van der Waals surface area contributed by atoms with Crippen LogP contribution in [0.2, 0.25) is 0 Å². The number of rotatable bonds is 7. The summed E-state index contributed by atoms with van der Waals surface area (Å²) in [6.07, 6.45) is 8.38. The number of hydrogen-bond donors (Lipinski definition) is 1. The van der Waals surface area contributed by atoms with Crippen molar-refractivity contribution in [2.24, 2.45) is 13.0 Å². The summed E-state index contributed by atoms with van der Waals surface area (Å²) in [4.78, 5) is 48.7. The second-order valence-corrected chi connectivity index (χ2v) is 20.8. The molecule has 3 aromatic carbocycles. The number of aryl methyl sites for hydroxylation is 3. The third-order valence-corrected chi connectivity index (χ3v) is 15.8. The van der Waals surface area contributed by atoms with Crippen LogP contribution < -0.4 is 11.4 Å². The van der Waals surface area contributed by atoms with Gasteiger partial charge in [0.15, 0.2) is 11.6 Å². The molecule has 1 amide bonds. The van der Waals surface area contributed by atoms with Gasteiger partial charge in [0.2, 0.25) is 0 Å². The molecule has 8 aromatic rings. The van der Waals surface area contributed by atoms with Crippen molar-refractivity contribution in [2.75, 3.05) is 19.8 Å². The smallest absolute Gasteiger partial charge is 0.379 e. The molecule has 18 heteroatoms. The summed E-state index contributed by atoms with van der Waals surface area (Å²) >= 11 is 0. The Hall–Kier alpha value is -6.92. The zero-order valence-corrected chi connectivity index (χ0v) is 40.2. The Balaban J connectivity index is 1.06. The molecular formula is C52H54F2N10O6. The summed E-state index contributed by atoms with van der Waals surface area (Å²) in [5.74, 6) is -1.03. The molecule has 3 aliphatic heterocycles. The molecule has 362 valence electrons. The van der Waals surface area contributed by atoms with Gasteiger partial charge in [0.1, 0.15) is 22.9 Å². The highest BCUT2D eigenvalue weighted by atomic mass is 19.1. The van der Waals surface area contributed by atoms with Gasteiger partial charge in [0, 0.05) is 55.5 Å². The van der Waals surface area contributed by atoms with E-state index in [9.17, 15) is 9.59 Å². The first kappa shape index (κ1) is 44.3. The maximum absolute atomic E-state index is 16.4.